The van der Waals surface area contributed by atoms with Crippen molar-refractivity contribution >= 4 is 46.3 Å². The van der Waals surface area contributed by atoms with Crippen LogP contribution in [0.2, 0.25) is 0 Å². The van der Waals surface area contributed by atoms with Crippen LogP contribution >= 0.6 is 11.9 Å². The van der Waals surface area contributed by atoms with E-state index in [1.165, 1.54) is 54.3 Å². The summed E-state index contributed by atoms with van der Waals surface area (Å²) in [6.45, 7) is 8.34. The number of amides is 2. The van der Waals surface area contributed by atoms with Crippen LogP contribution in [-0.4, -0.2) is 68.6 Å². The second kappa shape index (κ2) is 13.4. The van der Waals surface area contributed by atoms with Crippen LogP contribution < -0.4 is 14.8 Å². The normalized spacial score (nSPS) is 21.6. The molecule has 2 atom stereocenters. The van der Waals surface area contributed by atoms with Crippen LogP contribution in [0, 0.1) is 6.92 Å². The van der Waals surface area contributed by atoms with Gasteiger partial charge in [-0.25, -0.2) is 0 Å². The first-order valence-corrected chi connectivity index (χ1v) is 20.3. The number of rotatable bonds is 8. The Hall–Kier alpha value is -4.02. The molecule has 9 rings (SSSR count). The van der Waals surface area contributed by atoms with Crippen molar-refractivity contribution in [1.29, 1.82) is 0 Å². The van der Waals surface area contributed by atoms with E-state index in [2.05, 4.69) is 74.4 Å². The number of carbonyl (C=O) groups is 2. The number of ether oxygens (including phenoxy) is 1. The van der Waals surface area contributed by atoms with Crippen molar-refractivity contribution in [3.05, 3.63) is 70.0 Å². The molecule has 5 heterocycles. The number of allylic oxidation sites excluding steroid dienone is 1. The maximum Gasteiger partial charge on any atom is 0.261 e. The first-order chi connectivity index (χ1) is 25.3. The summed E-state index contributed by atoms with van der Waals surface area (Å²) >= 11 is 1.45. The van der Waals surface area contributed by atoms with Gasteiger partial charge in [-0.1, -0.05) is 39.2 Å². The molecule has 3 aliphatic heterocycles. The number of aryl methyl sites for hydroxylation is 1. The molecule has 2 bridgehead atoms. The standard InChI is InChI=1S/C42H50N6O3S/c1-24(2)52-45-41(49)27-13-15-35-36(19-27)47-22-29(17-28-18-33(51-4)14-16-34(28)40(47)38(35)26-9-6-5-7-10-26)39-37(25(3)44-48(39)31-11-8-12-31)42(50)46-23-30-20-32(46)21-43-30/h13-19,24,26,30-32,43H,5-12,20-23H2,1-4H3,(H,45,49). The number of carbonyl (C=O) groups excluding carboxylic acids is 2. The molecule has 0 radical (unpaired) electrons. The summed E-state index contributed by atoms with van der Waals surface area (Å²) in [4.78, 5) is 30.4. The Morgan fingerprint density at radius 1 is 1.00 bits per heavy atom. The predicted octanol–water partition coefficient (Wildman–Crippen LogP) is 8.12. The fourth-order valence-corrected chi connectivity index (χ4v) is 9.98. The molecule has 10 heteroatoms. The van der Waals surface area contributed by atoms with E-state index in [9.17, 15) is 9.59 Å². The van der Waals surface area contributed by atoms with Crippen LogP contribution in [0.5, 0.6) is 5.75 Å². The Kier molecular flexibility index (Phi) is 8.73. The molecule has 4 aromatic rings. The summed E-state index contributed by atoms with van der Waals surface area (Å²) in [5.74, 6) is 1.26. The molecule has 2 saturated carbocycles. The van der Waals surface area contributed by atoms with Crippen molar-refractivity contribution in [2.45, 2.75) is 114 Å². The number of likely N-dealkylation sites (tertiary alicyclic amines) is 1. The zero-order chi connectivity index (χ0) is 35.7. The number of benzene rings is 2. The molecule has 2 amide bonds. The summed E-state index contributed by atoms with van der Waals surface area (Å²) in [5.41, 5.74) is 10.2. The Balaban J connectivity index is 1.27. The number of nitrogens with zero attached hydrogens (tertiary/aromatic N) is 4. The highest BCUT2D eigenvalue weighted by atomic mass is 32.2. The van der Waals surface area contributed by atoms with E-state index < -0.39 is 0 Å². The largest absolute Gasteiger partial charge is 0.497 e. The number of methoxy groups -OCH3 is 1. The van der Waals surface area contributed by atoms with Crippen LogP contribution in [0.15, 0.2) is 36.4 Å². The number of nitrogens with one attached hydrogen (secondary N) is 2. The molecular formula is C42H50N6O3S. The lowest BCUT2D eigenvalue weighted by Gasteiger charge is -2.30. The number of fused-ring (bicyclic) bond motifs is 7. The molecule has 2 N–H and O–H groups in total. The SMILES string of the molecule is COc1ccc2c(c1)C=C(c1c(C(=O)N3CC4CC3CN4)c(C)nn1C1CCC1)Cn1c-2c(C2CCCCC2)c2ccc(C(=O)NSC(C)C)cc21. The molecule has 272 valence electrons. The van der Waals surface area contributed by atoms with E-state index in [0.717, 1.165) is 90.1 Å². The van der Waals surface area contributed by atoms with Gasteiger partial charge in [-0.15, -0.1) is 0 Å². The molecule has 2 aliphatic carbocycles. The minimum atomic E-state index is -0.0779. The molecule has 9 nitrogen and oxygen atoms in total. The summed E-state index contributed by atoms with van der Waals surface area (Å²) in [6, 6.07) is 13.6. The Labute approximate surface area is 310 Å². The van der Waals surface area contributed by atoms with Gasteiger partial charge in [-0.05, 0) is 116 Å². The smallest absolute Gasteiger partial charge is 0.261 e. The second-order valence-corrected chi connectivity index (χ2v) is 17.3. The van der Waals surface area contributed by atoms with Crippen molar-refractivity contribution in [2.75, 3.05) is 20.2 Å². The number of aromatic nitrogens is 3. The zero-order valence-corrected chi connectivity index (χ0v) is 31.7. The molecule has 2 aromatic carbocycles. The molecule has 4 fully saturated rings. The number of hydrogen-bond acceptors (Lipinski definition) is 6. The third kappa shape index (κ3) is 5.68. The number of piperazine rings is 1. The lowest BCUT2D eigenvalue weighted by Crippen LogP contribution is -2.46. The molecular weight excluding hydrogens is 669 g/mol. The highest BCUT2D eigenvalue weighted by Crippen LogP contribution is 2.49. The van der Waals surface area contributed by atoms with Crippen LogP contribution in [0.3, 0.4) is 0 Å². The fraction of sp³-hybridized carbons (Fsp3) is 0.500. The van der Waals surface area contributed by atoms with Crippen molar-refractivity contribution in [3.63, 3.8) is 0 Å². The summed E-state index contributed by atoms with van der Waals surface area (Å²) < 4.78 is 13.5. The molecule has 2 unspecified atom stereocenters. The second-order valence-electron chi connectivity index (χ2n) is 15.9. The summed E-state index contributed by atoms with van der Waals surface area (Å²) in [5, 5.41) is 10.2. The zero-order valence-electron chi connectivity index (χ0n) is 30.8. The average Bonchev–Trinajstić information content (AvgIpc) is 3.89. The highest BCUT2D eigenvalue weighted by Gasteiger charge is 2.43. The van der Waals surface area contributed by atoms with Gasteiger partial charge in [0.25, 0.3) is 11.8 Å². The lowest BCUT2D eigenvalue weighted by molar-refractivity contribution is 0.0714. The van der Waals surface area contributed by atoms with Crippen LogP contribution in [-0.2, 0) is 6.54 Å². The first-order valence-electron chi connectivity index (χ1n) is 19.4. The van der Waals surface area contributed by atoms with Gasteiger partial charge in [-0.2, -0.15) is 5.10 Å². The monoisotopic (exact) mass is 718 g/mol. The Morgan fingerprint density at radius 2 is 1.83 bits per heavy atom. The third-order valence-corrected chi connectivity index (χ3v) is 13.1. The summed E-state index contributed by atoms with van der Waals surface area (Å²) in [6.07, 6.45) is 12.7. The van der Waals surface area contributed by atoms with E-state index in [4.69, 9.17) is 9.84 Å². The molecule has 0 spiro atoms. The van der Waals surface area contributed by atoms with E-state index in [1.807, 2.05) is 13.0 Å². The molecule has 5 aliphatic rings. The van der Waals surface area contributed by atoms with Gasteiger partial charge < -0.3 is 19.5 Å². The Morgan fingerprint density at radius 3 is 2.52 bits per heavy atom. The maximum absolute atomic E-state index is 14.7. The predicted molar refractivity (Wildman–Crippen MR) is 209 cm³/mol. The van der Waals surface area contributed by atoms with Gasteiger partial charge in [0.05, 0.1) is 42.3 Å². The topological polar surface area (TPSA) is 93.4 Å². The highest BCUT2D eigenvalue weighted by molar-refractivity contribution is 7.98. The van der Waals surface area contributed by atoms with Crippen LogP contribution in [0.1, 0.15) is 127 Å². The van der Waals surface area contributed by atoms with Gasteiger partial charge in [0.15, 0.2) is 0 Å². The van der Waals surface area contributed by atoms with Gasteiger partial charge >= 0.3 is 0 Å². The molecule has 52 heavy (non-hydrogen) atoms. The van der Waals surface area contributed by atoms with Gasteiger partial charge in [0.1, 0.15) is 5.75 Å². The van der Waals surface area contributed by atoms with Crippen molar-refractivity contribution < 1.29 is 14.3 Å². The van der Waals surface area contributed by atoms with Gasteiger partial charge in [0, 0.05) is 52.5 Å². The minimum Gasteiger partial charge on any atom is -0.497 e. The maximum atomic E-state index is 14.7. The van der Waals surface area contributed by atoms with Crippen molar-refractivity contribution in [1.82, 2.24) is 29.3 Å². The molecule has 2 aromatic heterocycles. The van der Waals surface area contributed by atoms with E-state index in [1.54, 1.807) is 7.11 Å². The van der Waals surface area contributed by atoms with Gasteiger partial charge in [-0.3, -0.25) is 19.0 Å². The van der Waals surface area contributed by atoms with Crippen LogP contribution in [0.4, 0.5) is 0 Å². The van der Waals surface area contributed by atoms with Crippen molar-refractivity contribution in [2.24, 2.45) is 0 Å². The first kappa shape index (κ1) is 33.8. The van der Waals surface area contributed by atoms with Crippen LogP contribution in [0.25, 0.3) is 33.8 Å². The lowest BCUT2D eigenvalue weighted by atomic mass is 9.81. The number of hydrogen-bond donors (Lipinski definition) is 2. The van der Waals surface area contributed by atoms with Crippen molar-refractivity contribution in [3.8, 4) is 17.0 Å². The van der Waals surface area contributed by atoms with E-state index in [-0.39, 0.29) is 29.1 Å². The van der Waals surface area contributed by atoms with E-state index >= 15 is 0 Å². The average molecular weight is 719 g/mol. The van der Waals surface area contributed by atoms with Gasteiger partial charge in [0.2, 0.25) is 0 Å². The fourth-order valence-electron chi connectivity index (χ4n) is 9.52. The third-order valence-electron chi connectivity index (χ3n) is 12.3. The Bertz CT molecular complexity index is 2100. The minimum absolute atomic E-state index is 0.0779. The quantitative estimate of drug-likeness (QED) is 0.179. The molecule has 2 saturated heterocycles. The summed E-state index contributed by atoms with van der Waals surface area (Å²) in [7, 11) is 1.72. The van der Waals surface area contributed by atoms with E-state index in [0.29, 0.717) is 24.1 Å².